The maximum atomic E-state index is 12.0. The second kappa shape index (κ2) is 8.57. The summed E-state index contributed by atoms with van der Waals surface area (Å²) in [6.45, 7) is 1.19. The summed E-state index contributed by atoms with van der Waals surface area (Å²) in [5.41, 5.74) is 4.19. The van der Waals surface area contributed by atoms with Crippen molar-refractivity contribution in [3.8, 4) is 22.6 Å². The van der Waals surface area contributed by atoms with Gasteiger partial charge >= 0.3 is 0 Å². The summed E-state index contributed by atoms with van der Waals surface area (Å²) < 4.78 is 11.2. The lowest BCUT2D eigenvalue weighted by atomic mass is 10.0. The molecule has 5 heteroatoms. The molecule has 28 heavy (non-hydrogen) atoms. The van der Waals surface area contributed by atoms with Crippen molar-refractivity contribution < 1.29 is 14.3 Å². The average molecular weight is 374 g/mol. The van der Waals surface area contributed by atoms with Crippen molar-refractivity contribution in [1.82, 2.24) is 4.98 Å². The van der Waals surface area contributed by atoms with Crippen LogP contribution < -0.4 is 14.8 Å². The van der Waals surface area contributed by atoms with E-state index in [4.69, 9.17) is 9.47 Å². The molecule has 3 aromatic rings. The van der Waals surface area contributed by atoms with Crippen molar-refractivity contribution >= 4 is 11.6 Å². The fraction of sp³-hybridized carbons (Fsp3) is 0.217. The summed E-state index contributed by atoms with van der Waals surface area (Å²) in [4.78, 5) is 16.0. The van der Waals surface area contributed by atoms with Crippen molar-refractivity contribution in [2.75, 3.05) is 18.5 Å². The van der Waals surface area contributed by atoms with E-state index in [0.29, 0.717) is 19.6 Å². The van der Waals surface area contributed by atoms with Gasteiger partial charge < -0.3 is 14.8 Å². The highest BCUT2D eigenvalue weighted by molar-refractivity contribution is 5.90. The summed E-state index contributed by atoms with van der Waals surface area (Å²) in [5, 5.41) is 2.86. The van der Waals surface area contributed by atoms with E-state index in [2.05, 4.69) is 34.6 Å². The normalized spacial score (nSPS) is 12.4. The number of nitrogens with one attached hydrogen (secondary N) is 1. The van der Waals surface area contributed by atoms with Crippen LogP contribution in [0.15, 0.2) is 67.0 Å². The van der Waals surface area contributed by atoms with Gasteiger partial charge in [-0.05, 0) is 53.8 Å². The summed E-state index contributed by atoms with van der Waals surface area (Å²) in [6.07, 6.45) is 5.48. The number of carbonyl (C=O) groups is 1. The minimum atomic E-state index is 0.0147. The molecule has 0 spiro atoms. The zero-order valence-electron chi connectivity index (χ0n) is 15.6. The highest BCUT2D eigenvalue weighted by Gasteiger charge is 2.12. The van der Waals surface area contributed by atoms with Crippen molar-refractivity contribution in [2.24, 2.45) is 0 Å². The Bertz CT molecular complexity index is 940. The molecule has 0 saturated heterocycles. The SMILES string of the molecule is O=C(CCCc1ccc(-c2ccc3c(c2)OCCO3)cc1)Nc1cccnc1. The van der Waals surface area contributed by atoms with Crippen molar-refractivity contribution in [1.29, 1.82) is 0 Å². The van der Waals surface area contributed by atoms with Crippen LogP contribution in [0.25, 0.3) is 11.1 Å². The van der Waals surface area contributed by atoms with Gasteiger partial charge in [0.1, 0.15) is 13.2 Å². The lowest BCUT2D eigenvalue weighted by Gasteiger charge is -2.19. The molecular formula is C23H22N2O3. The first-order valence-corrected chi connectivity index (χ1v) is 9.47. The van der Waals surface area contributed by atoms with Crippen LogP contribution in [0, 0.1) is 0 Å². The van der Waals surface area contributed by atoms with E-state index < -0.39 is 0 Å². The largest absolute Gasteiger partial charge is 0.486 e. The van der Waals surface area contributed by atoms with Gasteiger partial charge in [-0.2, -0.15) is 0 Å². The quantitative estimate of drug-likeness (QED) is 0.691. The second-order valence-electron chi connectivity index (χ2n) is 6.70. The number of carbonyl (C=O) groups excluding carboxylic acids is 1. The van der Waals surface area contributed by atoms with Gasteiger partial charge in [-0.25, -0.2) is 0 Å². The molecule has 4 rings (SSSR count). The van der Waals surface area contributed by atoms with Crippen molar-refractivity contribution in [2.45, 2.75) is 19.3 Å². The third-order valence-electron chi connectivity index (χ3n) is 4.64. The molecule has 1 aliphatic rings. The molecule has 1 amide bonds. The topological polar surface area (TPSA) is 60.5 Å². The molecule has 2 aromatic carbocycles. The summed E-state index contributed by atoms with van der Waals surface area (Å²) >= 11 is 0. The number of aromatic nitrogens is 1. The van der Waals surface area contributed by atoms with Gasteiger partial charge in [-0.3, -0.25) is 9.78 Å². The van der Waals surface area contributed by atoms with Gasteiger partial charge in [0.05, 0.1) is 11.9 Å². The number of amides is 1. The molecule has 142 valence electrons. The molecule has 0 radical (unpaired) electrons. The molecule has 0 saturated carbocycles. The van der Waals surface area contributed by atoms with Crippen molar-refractivity contribution in [3.63, 3.8) is 0 Å². The summed E-state index contributed by atoms with van der Waals surface area (Å²) in [5.74, 6) is 1.62. The number of anilines is 1. The van der Waals surface area contributed by atoms with Gasteiger partial charge in [-0.1, -0.05) is 30.3 Å². The van der Waals surface area contributed by atoms with E-state index in [0.717, 1.165) is 41.2 Å². The van der Waals surface area contributed by atoms with Crippen LogP contribution in [-0.4, -0.2) is 24.1 Å². The Hall–Kier alpha value is -3.34. The molecule has 0 fully saturated rings. The predicted octanol–water partition coefficient (Wildman–Crippen LogP) is 4.48. The fourth-order valence-corrected chi connectivity index (χ4v) is 3.20. The number of ether oxygens (including phenoxy) is 2. The monoisotopic (exact) mass is 374 g/mol. The smallest absolute Gasteiger partial charge is 0.224 e. The highest BCUT2D eigenvalue weighted by Crippen LogP contribution is 2.34. The molecule has 5 nitrogen and oxygen atoms in total. The maximum Gasteiger partial charge on any atom is 0.224 e. The van der Waals surface area contributed by atoms with Gasteiger partial charge in [0, 0.05) is 12.6 Å². The van der Waals surface area contributed by atoms with Gasteiger partial charge in [0.2, 0.25) is 5.91 Å². The molecule has 0 aliphatic carbocycles. The van der Waals surface area contributed by atoms with E-state index in [-0.39, 0.29) is 5.91 Å². The standard InChI is InChI=1S/C23H22N2O3/c26-23(25-20-4-2-12-24-16-20)5-1-3-17-6-8-18(9-7-17)19-10-11-21-22(15-19)28-14-13-27-21/h2,4,6-12,15-16H,1,3,5,13-14H2,(H,25,26). The lowest BCUT2D eigenvalue weighted by molar-refractivity contribution is -0.116. The zero-order chi connectivity index (χ0) is 19.2. The second-order valence-corrected chi connectivity index (χ2v) is 6.70. The fourth-order valence-electron chi connectivity index (χ4n) is 3.20. The predicted molar refractivity (Wildman–Crippen MR) is 109 cm³/mol. The molecular weight excluding hydrogens is 352 g/mol. The van der Waals surface area contributed by atoms with Crippen LogP contribution in [0.4, 0.5) is 5.69 Å². The Morgan fingerprint density at radius 1 is 0.964 bits per heavy atom. The number of pyridine rings is 1. The number of fused-ring (bicyclic) bond motifs is 1. The van der Waals surface area contributed by atoms with Crippen LogP contribution >= 0.6 is 0 Å². The van der Waals surface area contributed by atoms with Crippen LogP contribution in [0.1, 0.15) is 18.4 Å². The first kappa shape index (κ1) is 18.0. The van der Waals surface area contributed by atoms with Gasteiger partial charge in [0.15, 0.2) is 11.5 Å². The molecule has 0 atom stereocenters. The average Bonchev–Trinajstić information content (AvgIpc) is 2.74. The summed E-state index contributed by atoms with van der Waals surface area (Å²) in [7, 11) is 0. The maximum absolute atomic E-state index is 12.0. The van der Waals surface area contributed by atoms with Gasteiger partial charge in [0.25, 0.3) is 0 Å². The first-order valence-electron chi connectivity index (χ1n) is 9.47. The van der Waals surface area contributed by atoms with Crippen LogP contribution in [0.5, 0.6) is 11.5 Å². The number of benzene rings is 2. The molecule has 0 unspecified atom stereocenters. The van der Waals surface area contributed by atoms with E-state index in [1.165, 1.54) is 5.56 Å². The molecule has 1 aliphatic heterocycles. The number of hydrogen-bond donors (Lipinski definition) is 1. The third kappa shape index (κ3) is 4.49. The molecule has 0 bridgehead atoms. The lowest BCUT2D eigenvalue weighted by Crippen LogP contribution is -2.15. The Balaban J connectivity index is 1.30. The van der Waals surface area contributed by atoms with E-state index in [1.54, 1.807) is 18.5 Å². The van der Waals surface area contributed by atoms with Crippen LogP contribution in [0.3, 0.4) is 0 Å². The minimum Gasteiger partial charge on any atom is -0.486 e. The van der Waals surface area contributed by atoms with Crippen LogP contribution in [-0.2, 0) is 11.2 Å². The molecule has 1 aromatic heterocycles. The van der Waals surface area contributed by atoms with E-state index in [9.17, 15) is 4.79 Å². The van der Waals surface area contributed by atoms with Crippen molar-refractivity contribution in [3.05, 3.63) is 72.6 Å². The van der Waals surface area contributed by atoms with Crippen LogP contribution in [0.2, 0.25) is 0 Å². The minimum absolute atomic E-state index is 0.0147. The molecule has 2 heterocycles. The zero-order valence-corrected chi connectivity index (χ0v) is 15.6. The van der Waals surface area contributed by atoms with E-state index >= 15 is 0 Å². The number of hydrogen-bond acceptors (Lipinski definition) is 4. The molecule has 1 N–H and O–H groups in total. The Kier molecular flexibility index (Phi) is 5.52. The number of rotatable bonds is 6. The summed E-state index contributed by atoms with van der Waals surface area (Å²) in [6, 6.07) is 18.1. The Morgan fingerprint density at radius 2 is 1.75 bits per heavy atom. The number of aryl methyl sites for hydroxylation is 1. The highest BCUT2D eigenvalue weighted by atomic mass is 16.6. The van der Waals surface area contributed by atoms with E-state index in [1.807, 2.05) is 24.3 Å². The van der Waals surface area contributed by atoms with Gasteiger partial charge in [-0.15, -0.1) is 0 Å². The number of nitrogens with zero attached hydrogens (tertiary/aromatic N) is 1. The Morgan fingerprint density at radius 3 is 2.54 bits per heavy atom. The first-order chi connectivity index (χ1) is 13.8. The Labute approximate surface area is 164 Å². The third-order valence-corrected chi connectivity index (χ3v) is 4.64.